The lowest BCUT2D eigenvalue weighted by Gasteiger charge is -2.13. The summed E-state index contributed by atoms with van der Waals surface area (Å²) in [5, 5.41) is 10.2. The van der Waals surface area contributed by atoms with Crippen molar-refractivity contribution in [2.24, 2.45) is 5.92 Å². The Morgan fingerprint density at radius 2 is 2.06 bits per heavy atom. The topological polar surface area (TPSA) is 20.2 Å². The summed E-state index contributed by atoms with van der Waals surface area (Å²) in [7, 11) is 0. The van der Waals surface area contributed by atoms with E-state index >= 15 is 0 Å². The van der Waals surface area contributed by atoms with Gasteiger partial charge in [0.1, 0.15) is 5.82 Å². The lowest BCUT2D eigenvalue weighted by molar-refractivity contribution is 0.140. The molecule has 1 nitrogen and oxygen atoms in total. The molecule has 0 aliphatic heterocycles. The van der Waals surface area contributed by atoms with Crippen molar-refractivity contribution < 1.29 is 9.50 Å². The van der Waals surface area contributed by atoms with Gasteiger partial charge in [-0.15, -0.1) is 0 Å². The summed E-state index contributed by atoms with van der Waals surface area (Å²) in [5.74, 6) is 0.162. The monoisotopic (exact) mass is 244 g/mol. The maximum Gasteiger partial charge on any atom is 0.124 e. The van der Waals surface area contributed by atoms with E-state index in [-0.39, 0.29) is 11.9 Å². The molecule has 0 heterocycles. The summed E-state index contributed by atoms with van der Waals surface area (Å²) in [6.45, 7) is 4.15. The fourth-order valence-electron chi connectivity index (χ4n) is 1.71. The van der Waals surface area contributed by atoms with Crippen LogP contribution in [0.5, 0.6) is 0 Å². The molecule has 1 N–H and O–H groups in total. The Morgan fingerprint density at radius 3 is 2.62 bits per heavy atom. The Hall–Kier alpha value is -0.600. The van der Waals surface area contributed by atoms with E-state index in [1.54, 1.807) is 6.07 Å². The van der Waals surface area contributed by atoms with Crippen molar-refractivity contribution in [1.82, 2.24) is 0 Å². The molecule has 16 heavy (non-hydrogen) atoms. The molecule has 1 rings (SSSR count). The molecule has 3 heteroatoms. The zero-order chi connectivity index (χ0) is 12.1. The molecule has 0 aliphatic rings. The van der Waals surface area contributed by atoms with E-state index in [1.807, 2.05) is 0 Å². The average Bonchev–Trinajstić information content (AvgIpc) is 2.15. The molecule has 0 bridgehead atoms. The zero-order valence-corrected chi connectivity index (χ0v) is 10.5. The van der Waals surface area contributed by atoms with Crippen molar-refractivity contribution in [3.63, 3.8) is 0 Å². The average molecular weight is 245 g/mol. The maximum absolute atomic E-state index is 12.8. The van der Waals surface area contributed by atoms with E-state index in [2.05, 4.69) is 13.8 Å². The van der Waals surface area contributed by atoms with Crippen LogP contribution in [-0.2, 0) is 6.42 Å². The van der Waals surface area contributed by atoms with Crippen LogP contribution in [0.1, 0.15) is 32.3 Å². The first-order chi connectivity index (χ1) is 7.49. The summed E-state index contributed by atoms with van der Waals surface area (Å²) < 4.78 is 12.8. The van der Waals surface area contributed by atoms with E-state index in [1.165, 1.54) is 12.1 Å². The maximum atomic E-state index is 12.8. The highest BCUT2D eigenvalue weighted by molar-refractivity contribution is 6.31. The summed E-state index contributed by atoms with van der Waals surface area (Å²) in [5.41, 5.74) is 0.894. The Morgan fingerprint density at radius 1 is 1.38 bits per heavy atom. The molecule has 1 unspecified atom stereocenters. The second-order valence-electron chi connectivity index (χ2n) is 4.56. The van der Waals surface area contributed by atoms with Crippen LogP contribution in [0.3, 0.4) is 0 Å². The van der Waals surface area contributed by atoms with Crippen LogP contribution in [0.25, 0.3) is 0 Å². The van der Waals surface area contributed by atoms with Crippen LogP contribution in [0.4, 0.5) is 4.39 Å². The second-order valence-corrected chi connectivity index (χ2v) is 4.96. The van der Waals surface area contributed by atoms with E-state index in [0.717, 1.165) is 12.0 Å². The summed E-state index contributed by atoms with van der Waals surface area (Å²) >= 11 is 5.90. The van der Waals surface area contributed by atoms with Crippen molar-refractivity contribution in [2.75, 3.05) is 0 Å². The van der Waals surface area contributed by atoms with Gasteiger partial charge in [-0.1, -0.05) is 31.5 Å². The van der Waals surface area contributed by atoms with Crippen LogP contribution in [0, 0.1) is 11.7 Å². The van der Waals surface area contributed by atoms with Gasteiger partial charge in [-0.3, -0.25) is 0 Å². The summed E-state index contributed by atoms with van der Waals surface area (Å²) in [4.78, 5) is 0. The number of aliphatic hydroxyl groups is 1. The number of halogens is 2. The fraction of sp³-hybridized carbons (Fsp3) is 0.538. The van der Waals surface area contributed by atoms with Gasteiger partial charge in [0.05, 0.1) is 6.10 Å². The Kier molecular flexibility index (Phi) is 5.23. The molecule has 0 saturated carbocycles. The first kappa shape index (κ1) is 13.5. The molecule has 0 fully saturated rings. The van der Waals surface area contributed by atoms with E-state index in [4.69, 9.17) is 11.6 Å². The molecule has 0 amide bonds. The standard InChI is InChI=1S/C13H18ClFO/c1-9(2)7-12(16)6-4-10-3-5-11(15)8-13(10)14/h3,5,8-9,12,16H,4,6-7H2,1-2H3. The van der Waals surface area contributed by atoms with Gasteiger partial charge in [0, 0.05) is 5.02 Å². The molecule has 0 aliphatic carbocycles. The van der Waals surface area contributed by atoms with Gasteiger partial charge in [-0.2, -0.15) is 0 Å². The predicted molar refractivity (Wildman–Crippen MR) is 65.2 cm³/mol. The minimum atomic E-state index is -0.323. The van der Waals surface area contributed by atoms with Gasteiger partial charge < -0.3 is 5.11 Å². The highest BCUT2D eigenvalue weighted by atomic mass is 35.5. The highest BCUT2D eigenvalue weighted by Crippen LogP contribution is 2.20. The zero-order valence-electron chi connectivity index (χ0n) is 9.71. The Bertz CT molecular complexity index is 339. The van der Waals surface area contributed by atoms with E-state index in [0.29, 0.717) is 23.8 Å². The van der Waals surface area contributed by atoms with E-state index in [9.17, 15) is 9.50 Å². The molecule has 0 saturated heterocycles. The number of rotatable bonds is 5. The Balaban J connectivity index is 2.48. The van der Waals surface area contributed by atoms with Gasteiger partial charge in [-0.25, -0.2) is 4.39 Å². The third-order valence-corrected chi connectivity index (χ3v) is 2.86. The molecule has 1 aromatic carbocycles. The van der Waals surface area contributed by atoms with E-state index < -0.39 is 0 Å². The first-order valence-corrected chi connectivity index (χ1v) is 5.99. The molecular weight excluding hydrogens is 227 g/mol. The van der Waals surface area contributed by atoms with Crippen molar-refractivity contribution in [2.45, 2.75) is 39.2 Å². The summed E-state index contributed by atoms with van der Waals surface area (Å²) in [6, 6.07) is 4.39. The normalized spacial score (nSPS) is 13.1. The third-order valence-electron chi connectivity index (χ3n) is 2.51. The SMILES string of the molecule is CC(C)CC(O)CCc1ccc(F)cc1Cl. The largest absolute Gasteiger partial charge is 0.393 e. The molecule has 1 aromatic rings. The molecule has 0 aromatic heterocycles. The fourth-order valence-corrected chi connectivity index (χ4v) is 1.97. The minimum absolute atomic E-state index is 0.305. The number of aryl methyl sites for hydroxylation is 1. The van der Waals surface area contributed by atoms with Crippen molar-refractivity contribution in [1.29, 1.82) is 0 Å². The molecule has 90 valence electrons. The van der Waals surface area contributed by atoms with Gasteiger partial charge in [-0.05, 0) is 42.9 Å². The molecular formula is C13H18ClFO. The van der Waals surface area contributed by atoms with Crippen LogP contribution < -0.4 is 0 Å². The first-order valence-electron chi connectivity index (χ1n) is 5.61. The number of hydrogen-bond acceptors (Lipinski definition) is 1. The van der Waals surface area contributed by atoms with Gasteiger partial charge >= 0.3 is 0 Å². The van der Waals surface area contributed by atoms with Crippen LogP contribution in [0.2, 0.25) is 5.02 Å². The molecule has 1 atom stereocenters. The highest BCUT2D eigenvalue weighted by Gasteiger charge is 2.09. The Labute approximate surface area is 101 Å². The van der Waals surface area contributed by atoms with Crippen molar-refractivity contribution in [3.8, 4) is 0 Å². The number of benzene rings is 1. The second kappa shape index (κ2) is 6.21. The van der Waals surface area contributed by atoms with Gasteiger partial charge in [0.15, 0.2) is 0 Å². The predicted octanol–water partition coefficient (Wildman–Crippen LogP) is 3.82. The van der Waals surface area contributed by atoms with Crippen LogP contribution >= 0.6 is 11.6 Å². The van der Waals surface area contributed by atoms with Crippen molar-refractivity contribution >= 4 is 11.6 Å². The number of hydrogen-bond donors (Lipinski definition) is 1. The smallest absolute Gasteiger partial charge is 0.124 e. The van der Waals surface area contributed by atoms with Crippen LogP contribution in [0.15, 0.2) is 18.2 Å². The lowest BCUT2D eigenvalue weighted by atomic mass is 10.00. The van der Waals surface area contributed by atoms with Crippen molar-refractivity contribution in [3.05, 3.63) is 34.6 Å². The summed E-state index contributed by atoms with van der Waals surface area (Å²) in [6.07, 6.45) is 1.84. The minimum Gasteiger partial charge on any atom is -0.393 e. The third kappa shape index (κ3) is 4.50. The lowest BCUT2D eigenvalue weighted by Crippen LogP contribution is -2.11. The molecule has 0 spiro atoms. The number of aliphatic hydroxyl groups excluding tert-OH is 1. The quantitative estimate of drug-likeness (QED) is 0.835. The van der Waals surface area contributed by atoms with Gasteiger partial charge in [0.25, 0.3) is 0 Å². The van der Waals surface area contributed by atoms with Gasteiger partial charge in [0.2, 0.25) is 0 Å². The molecule has 0 radical (unpaired) electrons. The van der Waals surface area contributed by atoms with Crippen LogP contribution in [-0.4, -0.2) is 11.2 Å².